The predicted octanol–water partition coefficient (Wildman–Crippen LogP) is 3.28. The van der Waals surface area contributed by atoms with Gasteiger partial charge in [0.15, 0.2) is 11.5 Å². The van der Waals surface area contributed by atoms with E-state index in [4.69, 9.17) is 14.2 Å². The first-order valence-electron chi connectivity index (χ1n) is 9.47. The summed E-state index contributed by atoms with van der Waals surface area (Å²) in [4.78, 5) is 15.3. The summed E-state index contributed by atoms with van der Waals surface area (Å²) in [5.74, 6) is 1.16. The quantitative estimate of drug-likeness (QED) is 0.794. The Hall–Kier alpha value is -2.73. The van der Waals surface area contributed by atoms with Gasteiger partial charge in [-0.05, 0) is 31.0 Å². The molecule has 2 unspecified atom stereocenters. The van der Waals surface area contributed by atoms with Gasteiger partial charge in [-0.2, -0.15) is 0 Å². The zero-order valence-electron chi connectivity index (χ0n) is 16.9. The number of ether oxygens (including phenoxy) is 3. The van der Waals surface area contributed by atoms with Gasteiger partial charge in [0.25, 0.3) is 5.91 Å². The van der Waals surface area contributed by atoms with Crippen molar-refractivity contribution in [2.45, 2.75) is 25.4 Å². The molecule has 2 atom stereocenters. The number of methoxy groups -OCH3 is 3. The summed E-state index contributed by atoms with van der Waals surface area (Å²) in [6.07, 6.45) is 0.915. The van der Waals surface area contributed by atoms with Crippen LogP contribution < -0.4 is 19.5 Å². The molecule has 3 rings (SSSR count). The van der Waals surface area contributed by atoms with Crippen molar-refractivity contribution in [3.63, 3.8) is 0 Å². The van der Waals surface area contributed by atoms with Gasteiger partial charge >= 0.3 is 0 Å². The Labute approximate surface area is 166 Å². The van der Waals surface area contributed by atoms with Crippen LogP contribution in [0, 0.1) is 0 Å². The molecule has 6 nitrogen and oxygen atoms in total. The number of nitrogens with one attached hydrogen (secondary N) is 1. The third-order valence-corrected chi connectivity index (χ3v) is 5.33. The molecule has 1 aliphatic rings. The SMILES string of the molecule is COc1ccc(C(=O)NC2CCN(C(C)c3ccccc3)C2)c(OC)c1OC. The number of carbonyl (C=O) groups is 1. The lowest BCUT2D eigenvalue weighted by Crippen LogP contribution is -2.37. The number of rotatable bonds is 7. The van der Waals surface area contributed by atoms with E-state index in [1.807, 2.05) is 6.07 Å². The van der Waals surface area contributed by atoms with E-state index < -0.39 is 0 Å². The van der Waals surface area contributed by atoms with Crippen LogP contribution in [0.15, 0.2) is 42.5 Å². The Morgan fingerprint density at radius 2 is 1.75 bits per heavy atom. The third kappa shape index (κ3) is 4.07. The molecule has 1 amide bonds. The van der Waals surface area contributed by atoms with E-state index in [1.165, 1.54) is 19.8 Å². The largest absolute Gasteiger partial charge is 0.493 e. The number of amides is 1. The van der Waals surface area contributed by atoms with Crippen molar-refractivity contribution in [2.75, 3.05) is 34.4 Å². The fourth-order valence-corrected chi connectivity index (χ4v) is 3.74. The molecular weight excluding hydrogens is 356 g/mol. The highest BCUT2D eigenvalue weighted by Crippen LogP contribution is 2.39. The minimum Gasteiger partial charge on any atom is -0.493 e. The van der Waals surface area contributed by atoms with Crippen molar-refractivity contribution >= 4 is 5.91 Å². The Morgan fingerprint density at radius 3 is 2.39 bits per heavy atom. The van der Waals surface area contributed by atoms with E-state index in [1.54, 1.807) is 19.2 Å². The van der Waals surface area contributed by atoms with Crippen LogP contribution in [0.5, 0.6) is 17.2 Å². The van der Waals surface area contributed by atoms with E-state index >= 15 is 0 Å². The van der Waals surface area contributed by atoms with Crippen LogP contribution in [-0.4, -0.2) is 51.3 Å². The van der Waals surface area contributed by atoms with Crippen molar-refractivity contribution in [3.8, 4) is 17.2 Å². The Balaban J connectivity index is 1.69. The van der Waals surface area contributed by atoms with Gasteiger partial charge < -0.3 is 19.5 Å². The lowest BCUT2D eigenvalue weighted by molar-refractivity contribution is 0.0932. The summed E-state index contributed by atoms with van der Waals surface area (Å²) < 4.78 is 16.1. The molecule has 6 heteroatoms. The summed E-state index contributed by atoms with van der Waals surface area (Å²) in [6, 6.07) is 14.3. The average molecular weight is 384 g/mol. The molecule has 2 aromatic carbocycles. The molecule has 0 saturated carbocycles. The lowest BCUT2D eigenvalue weighted by Gasteiger charge is -2.25. The van der Waals surface area contributed by atoms with Gasteiger partial charge in [-0.1, -0.05) is 30.3 Å². The van der Waals surface area contributed by atoms with E-state index in [2.05, 4.69) is 41.4 Å². The third-order valence-electron chi connectivity index (χ3n) is 5.33. The van der Waals surface area contributed by atoms with Crippen LogP contribution in [0.4, 0.5) is 0 Å². The minimum absolute atomic E-state index is 0.0939. The van der Waals surface area contributed by atoms with Crippen molar-refractivity contribution in [2.24, 2.45) is 0 Å². The molecule has 0 bridgehead atoms. The summed E-state index contributed by atoms with van der Waals surface area (Å²) in [6.45, 7) is 3.97. The summed E-state index contributed by atoms with van der Waals surface area (Å²) >= 11 is 0. The van der Waals surface area contributed by atoms with Crippen LogP contribution in [0.3, 0.4) is 0 Å². The van der Waals surface area contributed by atoms with E-state index in [9.17, 15) is 4.79 Å². The van der Waals surface area contributed by atoms with Gasteiger partial charge in [-0.25, -0.2) is 0 Å². The number of hydrogen-bond acceptors (Lipinski definition) is 5. The van der Waals surface area contributed by atoms with Crippen LogP contribution in [0.2, 0.25) is 0 Å². The van der Waals surface area contributed by atoms with Crippen molar-refractivity contribution < 1.29 is 19.0 Å². The smallest absolute Gasteiger partial charge is 0.255 e. The lowest BCUT2D eigenvalue weighted by atomic mass is 10.1. The number of carbonyl (C=O) groups excluding carboxylic acids is 1. The van der Waals surface area contributed by atoms with Gasteiger partial charge in [0.2, 0.25) is 5.75 Å². The molecule has 1 N–H and O–H groups in total. The summed E-state index contributed by atoms with van der Waals surface area (Å²) in [5.41, 5.74) is 1.73. The second kappa shape index (κ2) is 8.97. The van der Waals surface area contributed by atoms with Gasteiger partial charge in [0.05, 0.1) is 26.9 Å². The maximum atomic E-state index is 12.9. The van der Waals surface area contributed by atoms with Crippen LogP contribution >= 0.6 is 0 Å². The van der Waals surface area contributed by atoms with Crippen LogP contribution in [0.1, 0.15) is 35.3 Å². The first-order valence-corrected chi connectivity index (χ1v) is 9.47. The van der Waals surface area contributed by atoms with E-state index in [0.29, 0.717) is 28.9 Å². The summed E-state index contributed by atoms with van der Waals surface area (Å²) in [7, 11) is 4.60. The molecule has 150 valence electrons. The highest BCUT2D eigenvalue weighted by molar-refractivity contribution is 5.98. The number of nitrogens with zero attached hydrogens (tertiary/aromatic N) is 1. The van der Waals surface area contributed by atoms with Crippen molar-refractivity contribution in [1.82, 2.24) is 10.2 Å². The van der Waals surface area contributed by atoms with Gasteiger partial charge in [-0.15, -0.1) is 0 Å². The Bertz CT molecular complexity index is 810. The number of likely N-dealkylation sites (tertiary alicyclic amines) is 1. The molecule has 0 radical (unpaired) electrons. The first-order chi connectivity index (χ1) is 13.6. The van der Waals surface area contributed by atoms with Crippen molar-refractivity contribution in [1.29, 1.82) is 0 Å². The zero-order chi connectivity index (χ0) is 20.1. The number of benzene rings is 2. The highest BCUT2D eigenvalue weighted by atomic mass is 16.5. The second-order valence-corrected chi connectivity index (χ2v) is 6.92. The average Bonchev–Trinajstić information content (AvgIpc) is 3.20. The fraction of sp³-hybridized carbons (Fsp3) is 0.409. The molecule has 1 aliphatic heterocycles. The van der Waals surface area contributed by atoms with E-state index in [-0.39, 0.29) is 11.9 Å². The molecule has 2 aromatic rings. The Morgan fingerprint density at radius 1 is 1.04 bits per heavy atom. The normalized spacial score (nSPS) is 17.8. The van der Waals surface area contributed by atoms with Gasteiger partial charge in [-0.3, -0.25) is 9.69 Å². The van der Waals surface area contributed by atoms with Crippen molar-refractivity contribution in [3.05, 3.63) is 53.6 Å². The molecule has 1 heterocycles. The fourth-order valence-electron chi connectivity index (χ4n) is 3.74. The Kier molecular flexibility index (Phi) is 6.41. The predicted molar refractivity (Wildman–Crippen MR) is 108 cm³/mol. The minimum atomic E-state index is -0.169. The zero-order valence-corrected chi connectivity index (χ0v) is 16.9. The van der Waals surface area contributed by atoms with Crippen LogP contribution in [-0.2, 0) is 0 Å². The molecule has 28 heavy (non-hydrogen) atoms. The molecule has 1 fully saturated rings. The maximum Gasteiger partial charge on any atom is 0.255 e. The highest BCUT2D eigenvalue weighted by Gasteiger charge is 2.29. The first kappa shape index (κ1) is 20.0. The standard InChI is InChI=1S/C22H28N2O4/c1-15(16-8-6-5-7-9-16)24-13-12-17(14-24)23-22(25)18-10-11-19(26-2)21(28-4)20(18)27-3/h5-11,15,17H,12-14H2,1-4H3,(H,23,25). The molecular formula is C22H28N2O4. The molecule has 1 saturated heterocycles. The molecule has 0 aliphatic carbocycles. The van der Waals surface area contributed by atoms with Gasteiger partial charge in [0, 0.05) is 25.2 Å². The maximum absolute atomic E-state index is 12.9. The number of hydrogen-bond donors (Lipinski definition) is 1. The van der Waals surface area contributed by atoms with Crippen LogP contribution in [0.25, 0.3) is 0 Å². The molecule has 0 spiro atoms. The second-order valence-electron chi connectivity index (χ2n) is 6.92. The summed E-state index contributed by atoms with van der Waals surface area (Å²) in [5, 5.41) is 3.14. The monoisotopic (exact) mass is 384 g/mol. The molecule has 0 aromatic heterocycles. The van der Waals surface area contributed by atoms with E-state index in [0.717, 1.165) is 19.5 Å². The topological polar surface area (TPSA) is 60.0 Å². The van der Waals surface area contributed by atoms with Gasteiger partial charge in [0.1, 0.15) is 0 Å².